The van der Waals surface area contributed by atoms with E-state index in [2.05, 4.69) is 5.32 Å². The minimum atomic E-state index is -1.37. The summed E-state index contributed by atoms with van der Waals surface area (Å²) in [7, 11) is 0. The maximum atomic E-state index is 13.7. The van der Waals surface area contributed by atoms with Gasteiger partial charge in [0.25, 0.3) is 11.8 Å². The Balaban J connectivity index is 1.54. The van der Waals surface area contributed by atoms with E-state index in [0.717, 1.165) is 5.56 Å². The second kappa shape index (κ2) is 8.24. The van der Waals surface area contributed by atoms with E-state index in [0.29, 0.717) is 24.2 Å². The number of hydrogen-bond acceptors (Lipinski definition) is 4. The normalized spacial score (nSPS) is 19.6. The van der Waals surface area contributed by atoms with Gasteiger partial charge in [0.1, 0.15) is 0 Å². The van der Waals surface area contributed by atoms with Crippen molar-refractivity contribution in [2.45, 2.75) is 31.5 Å². The van der Waals surface area contributed by atoms with Crippen LogP contribution in [0.2, 0.25) is 0 Å². The van der Waals surface area contributed by atoms with Crippen LogP contribution in [-0.2, 0) is 22.6 Å². The second-order valence-electron chi connectivity index (χ2n) is 8.03. The first-order valence-corrected chi connectivity index (χ1v) is 11.6. The maximum absolute atomic E-state index is 13.7. The number of amides is 3. The lowest BCUT2D eigenvalue weighted by atomic mass is 9.94. The molecule has 162 valence electrons. The van der Waals surface area contributed by atoms with E-state index < -0.39 is 5.66 Å². The van der Waals surface area contributed by atoms with E-state index in [-0.39, 0.29) is 37.1 Å². The van der Waals surface area contributed by atoms with Crippen LogP contribution in [0.3, 0.4) is 0 Å². The van der Waals surface area contributed by atoms with Gasteiger partial charge >= 0.3 is 0 Å². The highest BCUT2D eigenvalue weighted by atomic mass is 32.1. The predicted octanol–water partition coefficient (Wildman–Crippen LogP) is 3.59. The van der Waals surface area contributed by atoms with Crippen LogP contribution in [0.5, 0.6) is 0 Å². The molecule has 5 rings (SSSR count). The standard InChI is InChI=1S/C25H23N3O3S/c29-22-12-14-25(24(31)26-15-13-19-9-6-16-32-19)27(17-18-7-2-1-3-8-18)23(30)20-10-4-5-11-21(20)28(22)25/h1-11,16H,12-15,17H2,(H,26,31). The van der Waals surface area contributed by atoms with Gasteiger partial charge in [-0.15, -0.1) is 11.3 Å². The smallest absolute Gasteiger partial charge is 0.267 e. The molecule has 2 aliphatic rings. The summed E-state index contributed by atoms with van der Waals surface area (Å²) in [5.74, 6) is -0.682. The molecule has 3 amide bonds. The minimum absolute atomic E-state index is 0.142. The molecular formula is C25H23N3O3S. The molecule has 2 aromatic carbocycles. The highest BCUT2D eigenvalue weighted by molar-refractivity contribution is 7.09. The van der Waals surface area contributed by atoms with Crippen LogP contribution in [-0.4, -0.2) is 34.8 Å². The number of hydrogen-bond donors (Lipinski definition) is 1. The molecule has 0 spiro atoms. The molecule has 1 N–H and O–H groups in total. The zero-order valence-electron chi connectivity index (χ0n) is 17.5. The van der Waals surface area contributed by atoms with Crippen molar-refractivity contribution >= 4 is 34.7 Å². The molecule has 32 heavy (non-hydrogen) atoms. The van der Waals surface area contributed by atoms with Gasteiger partial charge in [0, 0.05) is 30.8 Å². The number of anilines is 1. The average molecular weight is 446 g/mol. The van der Waals surface area contributed by atoms with E-state index in [4.69, 9.17) is 0 Å². The molecule has 1 fully saturated rings. The molecule has 3 aromatic rings. The summed E-state index contributed by atoms with van der Waals surface area (Å²) < 4.78 is 0. The van der Waals surface area contributed by atoms with Gasteiger partial charge in [-0.2, -0.15) is 0 Å². The molecule has 1 aromatic heterocycles. The molecule has 2 aliphatic heterocycles. The van der Waals surface area contributed by atoms with Gasteiger partial charge in [-0.25, -0.2) is 0 Å². The number of nitrogens with zero attached hydrogens (tertiary/aromatic N) is 2. The number of nitrogens with one attached hydrogen (secondary N) is 1. The molecule has 7 heteroatoms. The van der Waals surface area contributed by atoms with Crippen LogP contribution in [0.4, 0.5) is 5.69 Å². The van der Waals surface area contributed by atoms with Gasteiger partial charge in [0.15, 0.2) is 0 Å². The van der Waals surface area contributed by atoms with Crippen LogP contribution in [0.1, 0.15) is 33.6 Å². The van der Waals surface area contributed by atoms with Crippen molar-refractivity contribution in [3.8, 4) is 0 Å². The number of rotatable bonds is 6. The molecule has 1 atom stereocenters. The fraction of sp³-hybridized carbons (Fsp3) is 0.240. The largest absolute Gasteiger partial charge is 0.352 e. The van der Waals surface area contributed by atoms with E-state index in [1.165, 1.54) is 4.88 Å². The highest BCUT2D eigenvalue weighted by Gasteiger charge is 2.60. The fourth-order valence-corrected chi connectivity index (χ4v) is 5.37. The first kappa shape index (κ1) is 20.5. The monoisotopic (exact) mass is 445 g/mol. The summed E-state index contributed by atoms with van der Waals surface area (Å²) in [6.07, 6.45) is 1.19. The highest BCUT2D eigenvalue weighted by Crippen LogP contribution is 2.45. The Morgan fingerprint density at radius 2 is 1.78 bits per heavy atom. The van der Waals surface area contributed by atoms with E-state index >= 15 is 0 Å². The zero-order valence-corrected chi connectivity index (χ0v) is 18.3. The maximum Gasteiger partial charge on any atom is 0.267 e. The van der Waals surface area contributed by atoms with Gasteiger partial charge in [-0.05, 0) is 35.6 Å². The molecular weight excluding hydrogens is 422 g/mol. The Labute approximate surface area is 190 Å². The third kappa shape index (κ3) is 3.29. The Morgan fingerprint density at radius 3 is 2.56 bits per heavy atom. The Morgan fingerprint density at radius 1 is 1.00 bits per heavy atom. The van der Waals surface area contributed by atoms with Crippen LogP contribution < -0.4 is 10.2 Å². The third-order valence-electron chi connectivity index (χ3n) is 6.16. The summed E-state index contributed by atoms with van der Waals surface area (Å²) in [4.78, 5) is 44.7. The summed E-state index contributed by atoms with van der Waals surface area (Å²) in [5.41, 5.74) is 0.497. The number of benzene rings is 2. The Bertz CT molecular complexity index is 1160. The van der Waals surface area contributed by atoms with Crippen LogP contribution in [0, 0.1) is 0 Å². The van der Waals surface area contributed by atoms with Crippen molar-refractivity contribution in [2.75, 3.05) is 11.4 Å². The minimum Gasteiger partial charge on any atom is -0.352 e. The zero-order chi connectivity index (χ0) is 22.1. The Hall–Kier alpha value is -3.45. The van der Waals surface area contributed by atoms with Crippen molar-refractivity contribution in [3.63, 3.8) is 0 Å². The van der Waals surface area contributed by atoms with Gasteiger partial charge in [0.05, 0.1) is 11.3 Å². The lowest BCUT2D eigenvalue weighted by Crippen LogP contribution is -2.70. The van der Waals surface area contributed by atoms with Gasteiger partial charge in [-0.1, -0.05) is 48.5 Å². The first-order valence-electron chi connectivity index (χ1n) is 10.7. The van der Waals surface area contributed by atoms with Crippen molar-refractivity contribution in [1.82, 2.24) is 10.2 Å². The topological polar surface area (TPSA) is 69.7 Å². The van der Waals surface area contributed by atoms with E-state index in [1.807, 2.05) is 47.8 Å². The van der Waals surface area contributed by atoms with Gasteiger partial charge < -0.3 is 10.2 Å². The summed E-state index contributed by atoms with van der Waals surface area (Å²) in [6, 6.07) is 20.6. The Kier molecular flexibility index (Phi) is 5.27. The third-order valence-corrected chi connectivity index (χ3v) is 7.09. The number of fused-ring (bicyclic) bond motifs is 3. The van der Waals surface area contributed by atoms with Crippen molar-refractivity contribution in [1.29, 1.82) is 0 Å². The van der Waals surface area contributed by atoms with Crippen LogP contribution >= 0.6 is 11.3 Å². The fourth-order valence-electron chi connectivity index (χ4n) is 4.67. The second-order valence-corrected chi connectivity index (χ2v) is 9.06. The van der Waals surface area contributed by atoms with Crippen molar-refractivity contribution in [2.24, 2.45) is 0 Å². The molecule has 0 bridgehead atoms. The molecule has 6 nitrogen and oxygen atoms in total. The lowest BCUT2D eigenvalue weighted by molar-refractivity contribution is -0.134. The molecule has 0 aliphatic carbocycles. The average Bonchev–Trinajstić information content (AvgIpc) is 3.46. The van der Waals surface area contributed by atoms with Crippen LogP contribution in [0.15, 0.2) is 72.1 Å². The molecule has 0 radical (unpaired) electrons. The van der Waals surface area contributed by atoms with Gasteiger partial charge in [0.2, 0.25) is 11.6 Å². The quantitative estimate of drug-likeness (QED) is 0.631. The van der Waals surface area contributed by atoms with E-state index in [9.17, 15) is 14.4 Å². The van der Waals surface area contributed by atoms with Crippen LogP contribution in [0.25, 0.3) is 0 Å². The molecule has 3 heterocycles. The molecule has 1 unspecified atom stereocenters. The first-order chi connectivity index (χ1) is 15.6. The number of thiophene rings is 1. The number of carbonyl (C=O) groups is 3. The van der Waals surface area contributed by atoms with Crippen molar-refractivity contribution < 1.29 is 14.4 Å². The molecule has 1 saturated heterocycles. The predicted molar refractivity (Wildman–Crippen MR) is 123 cm³/mol. The number of para-hydroxylation sites is 1. The van der Waals surface area contributed by atoms with Gasteiger partial charge in [-0.3, -0.25) is 19.3 Å². The summed E-state index contributed by atoms with van der Waals surface area (Å²) in [5, 5.41) is 5.03. The number of carbonyl (C=O) groups excluding carboxylic acids is 3. The van der Waals surface area contributed by atoms with Crippen molar-refractivity contribution in [3.05, 3.63) is 88.1 Å². The SMILES string of the molecule is O=C1c2ccccc2N2C(=O)CCC2(C(=O)NCCc2cccs2)N1Cc1ccccc1. The lowest BCUT2D eigenvalue weighted by Gasteiger charge is -2.49. The molecule has 0 saturated carbocycles. The summed E-state index contributed by atoms with van der Waals surface area (Å²) in [6.45, 7) is 0.689. The van der Waals surface area contributed by atoms with E-state index in [1.54, 1.807) is 45.4 Å². The summed E-state index contributed by atoms with van der Waals surface area (Å²) >= 11 is 1.64.